The minimum absolute atomic E-state index is 0.0461. The Morgan fingerprint density at radius 3 is 2.65 bits per heavy atom. The molecule has 2 aromatic heterocycles. The molecule has 190 valence electrons. The van der Waals surface area contributed by atoms with E-state index in [1.54, 1.807) is 18.2 Å². The SMILES string of the molecule is CC(C#Cc1nc(N2CCN(c3cc(-c4ccccc4O)nnc3N)CC[C@H]2C)ccc1C#N)N(C)C. The van der Waals surface area contributed by atoms with Crippen LogP contribution in [0.3, 0.4) is 0 Å². The molecule has 1 saturated heterocycles. The van der Waals surface area contributed by atoms with Crippen LogP contribution in [0.2, 0.25) is 0 Å². The van der Waals surface area contributed by atoms with E-state index >= 15 is 0 Å². The molecule has 1 unspecified atom stereocenters. The van der Waals surface area contributed by atoms with Crippen LogP contribution in [0.5, 0.6) is 5.75 Å². The first-order valence-electron chi connectivity index (χ1n) is 12.3. The molecule has 0 bridgehead atoms. The van der Waals surface area contributed by atoms with Gasteiger partial charge in [0.15, 0.2) is 5.82 Å². The Labute approximate surface area is 218 Å². The number of phenolic OH excluding ortho intramolecular Hbond substituents is 1. The summed E-state index contributed by atoms with van der Waals surface area (Å²) in [7, 11) is 3.94. The van der Waals surface area contributed by atoms with Crippen LogP contribution in [-0.4, -0.2) is 71.0 Å². The van der Waals surface area contributed by atoms with Crippen LogP contribution in [0.15, 0.2) is 42.5 Å². The topological polar surface area (TPSA) is 118 Å². The molecule has 4 rings (SSSR count). The Bertz CT molecular complexity index is 1370. The van der Waals surface area contributed by atoms with Crippen molar-refractivity contribution in [3.05, 3.63) is 53.7 Å². The summed E-state index contributed by atoms with van der Waals surface area (Å²) in [5.41, 5.74) is 9.19. The highest BCUT2D eigenvalue weighted by atomic mass is 16.3. The normalized spacial score (nSPS) is 16.5. The molecule has 0 spiro atoms. The zero-order chi connectivity index (χ0) is 26.5. The van der Waals surface area contributed by atoms with Crippen molar-refractivity contribution in [2.24, 2.45) is 0 Å². The van der Waals surface area contributed by atoms with Crippen LogP contribution in [0.1, 0.15) is 31.5 Å². The molecule has 1 aliphatic heterocycles. The van der Waals surface area contributed by atoms with Crippen molar-refractivity contribution in [1.29, 1.82) is 5.26 Å². The highest BCUT2D eigenvalue weighted by Crippen LogP contribution is 2.32. The van der Waals surface area contributed by atoms with Gasteiger partial charge in [-0.05, 0) is 70.6 Å². The molecule has 3 heterocycles. The van der Waals surface area contributed by atoms with Gasteiger partial charge in [0.25, 0.3) is 0 Å². The summed E-state index contributed by atoms with van der Waals surface area (Å²) in [4.78, 5) is 11.2. The number of benzene rings is 1. The summed E-state index contributed by atoms with van der Waals surface area (Å²) < 4.78 is 0. The molecule has 1 aromatic carbocycles. The van der Waals surface area contributed by atoms with Gasteiger partial charge >= 0.3 is 0 Å². The van der Waals surface area contributed by atoms with Gasteiger partial charge in [-0.2, -0.15) is 5.26 Å². The standard InChI is InChI=1S/C28H32N8O/c1-19(34(3)4)9-11-23-21(18-29)10-12-27(31-23)36-16-15-35(14-13-20(36)2)25-17-24(32-33-28(25)30)22-7-5-6-8-26(22)37/h5-8,10,12,17,19-20,37H,13-16H2,1-4H3,(H2,30,33)/t19?,20-/m1/s1. The van der Waals surface area contributed by atoms with Crippen LogP contribution in [0.4, 0.5) is 17.3 Å². The maximum atomic E-state index is 10.3. The molecular weight excluding hydrogens is 464 g/mol. The largest absolute Gasteiger partial charge is 0.507 e. The lowest BCUT2D eigenvalue weighted by molar-refractivity contribution is 0.373. The van der Waals surface area contributed by atoms with Gasteiger partial charge in [0, 0.05) is 31.2 Å². The van der Waals surface area contributed by atoms with Gasteiger partial charge in [0.2, 0.25) is 0 Å². The van der Waals surface area contributed by atoms with E-state index in [-0.39, 0.29) is 17.8 Å². The quantitative estimate of drug-likeness (QED) is 0.525. The van der Waals surface area contributed by atoms with Gasteiger partial charge < -0.3 is 20.6 Å². The Morgan fingerprint density at radius 2 is 1.92 bits per heavy atom. The molecule has 0 radical (unpaired) electrons. The fraction of sp³-hybridized carbons (Fsp3) is 0.357. The Morgan fingerprint density at radius 1 is 1.14 bits per heavy atom. The van der Waals surface area contributed by atoms with Gasteiger partial charge in [-0.3, -0.25) is 4.90 Å². The molecule has 37 heavy (non-hydrogen) atoms. The molecule has 0 aliphatic carbocycles. The van der Waals surface area contributed by atoms with E-state index in [0.29, 0.717) is 41.4 Å². The summed E-state index contributed by atoms with van der Waals surface area (Å²) in [6.45, 7) is 6.36. The third-order valence-electron chi connectivity index (χ3n) is 6.75. The number of aromatic hydroxyl groups is 1. The number of nitriles is 1. The maximum Gasteiger partial charge on any atom is 0.169 e. The second kappa shape index (κ2) is 11.2. The number of nitrogen functional groups attached to an aromatic ring is 1. The first-order valence-corrected chi connectivity index (χ1v) is 12.3. The predicted octanol–water partition coefficient (Wildman–Crippen LogP) is 3.10. The number of aromatic nitrogens is 3. The summed E-state index contributed by atoms with van der Waals surface area (Å²) in [5.74, 6) is 7.58. The molecule has 0 saturated carbocycles. The van der Waals surface area contributed by atoms with E-state index in [9.17, 15) is 10.4 Å². The van der Waals surface area contributed by atoms with Crippen LogP contribution in [-0.2, 0) is 0 Å². The van der Waals surface area contributed by atoms with Gasteiger partial charge in [-0.15, -0.1) is 10.2 Å². The third-order valence-corrected chi connectivity index (χ3v) is 6.75. The zero-order valence-electron chi connectivity index (χ0n) is 21.7. The molecule has 3 N–H and O–H groups in total. The molecular formula is C28H32N8O. The Balaban J connectivity index is 1.59. The van der Waals surface area contributed by atoms with Gasteiger partial charge in [-0.25, -0.2) is 4.98 Å². The van der Waals surface area contributed by atoms with Crippen molar-refractivity contribution < 1.29 is 5.11 Å². The van der Waals surface area contributed by atoms with E-state index in [0.717, 1.165) is 24.5 Å². The predicted molar refractivity (Wildman–Crippen MR) is 146 cm³/mol. The van der Waals surface area contributed by atoms with Crippen LogP contribution < -0.4 is 15.5 Å². The second-order valence-electron chi connectivity index (χ2n) is 9.42. The van der Waals surface area contributed by atoms with Crippen molar-refractivity contribution in [3.63, 3.8) is 0 Å². The molecule has 3 aromatic rings. The molecule has 1 aliphatic rings. The summed E-state index contributed by atoms with van der Waals surface area (Å²) in [6.07, 6.45) is 0.869. The molecule has 1 fully saturated rings. The monoisotopic (exact) mass is 496 g/mol. The minimum atomic E-state index is 0.0461. The first-order chi connectivity index (χ1) is 17.8. The van der Waals surface area contributed by atoms with Gasteiger partial charge in [-0.1, -0.05) is 18.1 Å². The van der Waals surface area contributed by atoms with Crippen molar-refractivity contribution in [2.75, 3.05) is 49.3 Å². The van der Waals surface area contributed by atoms with Crippen molar-refractivity contribution in [1.82, 2.24) is 20.1 Å². The van der Waals surface area contributed by atoms with E-state index in [1.807, 2.05) is 50.2 Å². The first kappa shape index (κ1) is 25.7. The maximum absolute atomic E-state index is 10.3. The molecule has 9 nitrogen and oxygen atoms in total. The average molecular weight is 497 g/mol. The van der Waals surface area contributed by atoms with Crippen LogP contribution >= 0.6 is 0 Å². The van der Waals surface area contributed by atoms with Gasteiger partial charge in [0.1, 0.15) is 23.3 Å². The Hall–Kier alpha value is -4.34. The van der Waals surface area contributed by atoms with E-state index in [4.69, 9.17) is 10.7 Å². The number of pyridine rings is 1. The lowest BCUT2D eigenvalue weighted by Gasteiger charge is -2.28. The fourth-order valence-electron chi connectivity index (χ4n) is 4.20. The molecule has 2 atom stereocenters. The van der Waals surface area contributed by atoms with Crippen molar-refractivity contribution in [3.8, 4) is 34.9 Å². The van der Waals surface area contributed by atoms with Crippen molar-refractivity contribution in [2.45, 2.75) is 32.4 Å². The number of hydrogen-bond acceptors (Lipinski definition) is 9. The third kappa shape index (κ3) is 5.74. The minimum Gasteiger partial charge on any atom is -0.507 e. The second-order valence-corrected chi connectivity index (χ2v) is 9.42. The number of para-hydroxylation sites is 1. The lowest BCUT2D eigenvalue weighted by Crippen LogP contribution is -2.35. The highest BCUT2D eigenvalue weighted by molar-refractivity contribution is 5.74. The highest BCUT2D eigenvalue weighted by Gasteiger charge is 2.25. The smallest absolute Gasteiger partial charge is 0.169 e. The number of anilines is 3. The summed E-state index contributed by atoms with van der Waals surface area (Å²) in [6, 6.07) is 15.1. The number of phenols is 1. The fourth-order valence-corrected chi connectivity index (χ4v) is 4.20. The number of nitrogens with zero attached hydrogens (tertiary/aromatic N) is 7. The van der Waals surface area contributed by atoms with Crippen LogP contribution in [0.25, 0.3) is 11.3 Å². The number of hydrogen-bond donors (Lipinski definition) is 2. The Kier molecular flexibility index (Phi) is 7.76. The average Bonchev–Trinajstić information content (AvgIpc) is 3.09. The van der Waals surface area contributed by atoms with E-state index in [2.05, 4.69) is 44.8 Å². The zero-order valence-corrected chi connectivity index (χ0v) is 21.7. The number of rotatable bonds is 4. The molecule has 0 amide bonds. The van der Waals surface area contributed by atoms with E-state index < -0.39 is 0 Å². The number of nitrogens with two attached hydrogens (primary N) is 1. The summed E-state index contributed by atoms with van der Waals surface area (Å²) in [5, 5.41) is 28.2. The van der Waals surface area contributed by atoms with E-state index in [1.165, 1.54) is 0 Å². The lowest BCUT2D eigenvalue weighted by atomic mass is 10.1. The van der Waals surface area contributed by atoms with Crippen LogP contribution in [0, 0.1) is 23.2 Å². The summed E-state index contributed by atoms with van der Waals surface area (Å²) >= 11 is 0. The van der Waals surface area contributed by atoms with Crippen molar-refractivity contribution >= 4 is 17.3 Å². The van der Waals surface area contributed by atoms with Gasteiger partial charge in [0.05, 0.1) is 23.0 Å². The molecule has 9 heteroatoms.